The minimum absolute atomic E-state index is 0.0792. The van der Waals surface area contributed by atoms with Crippen LogP contribution in [0.15, 0.2) is 59.4 Å². The zero-order chi connectivity index (χ0) is 24.9. The fraction of sp³-hybridized carbons (Fsp3) is 0.423. The standard InChI is InChI=1S/C26H32FN2O4SSe/c1-4-32-26(30)21(27)17-33-23-15-25-22(14-24(23)34-3)29(19-8-6-5-7-9-19)16-20(28(2)35(25)31)13-12-18-10-11-18/h5-9,14-15,17-18,20,31H,4,10-13,16H2,1-3H3/b21-17-. The molecular formula is C26H32FN2O4SSe. The van der Waals surface area contributed by atoms with E-state index < -0.39 is 26.2 Å². The van der Waals surface area contributed by atoms with Gasteiger partial charge in [0, 0.05) is 0 Å². The number of para-hydroxylation sites is 1. The molecule has 1 atom stereocenters. The van der Waals surface area contributed by atoms with Crippen molar-refractivity contribution in [1.82, 2.24) is 3.92 Å². The molecule has 1 saturated carbocycles. The van der Waals surface area contributed by atoms with Crippen LogP contribution in [0.2, 0.25) is 0 Å². The maximum absolute atomic E-state index is 14.1. The summed E-state index contributed by atoms with van der Waals surface area (Å²) < 4.78 is 38.9. The Morgan fingerprint density at radius 3 is 2.66 bits per heavy atom. The number of benzene rings is 2. The molecule has 0 spiro atoms. The van der Waals surface area contributed by atoms with Crippen molar-refractivity contribution < 1.29 is 22.8 Å². The van der Waals surface area contributed by atoms with Crippen molar-refractivity contribution in [3.63, 3.8) is 0 Å². The van der Waals surface area contributed by atoms with Crippen molar-refractivity contribution in [2.75, 3.05) is 31.4 Å². The number of hydrogen-bond donors (Lipinski definition) is 1. The van der Waals surface area contributed by atoms with Gasteiger partial charge in [-0.25, -0.2) is 0 Å². The number of nitrogens with zero attached hydrogens (tertiary/aromatic N) is 2. The van der Waals surface area contributed by atoms with Crippen molar-refractivity contribution in [1.29, 1.82) is 0 Å². The van der Waals surface area contributed by atoms with Gasteiger partial charge in [-0.3, -0.25) is 0 Å². The number of halogens is 1. The molecule has 4 rings (SSSR count). The third kappa shape index (κ3) is 6.22. The van der Waals surface area contributed by atoms with E-state index in [4.69, 9.17) is 9.47 Å². The number of esters is 1. The zero-order valence-corrected chi connectivity index (χ0v) is 22.8. The van der Waals surface area contributed by atoms with Crippen LogP contribution in [0, 0.1) is 5.92 Å². The van der Waals surface area contributed by atoms with Crippen LogP contribution in [0.25, 0.3) is 0 Å². The van der Waals surface area contributed by atoms with Gasteiger partial charge in [0.05, 0.1) is 0 Å². The Balaban J connectivity index is 1.72. The first-order chi connectivity index (χ1) is 16.9. The van der Waals surface area contributed by atoms with Gasteiger partial charge >= 0.3 is 216 Å². The molecule has 1 fully saturated rings. The van der Waals surface area contributed by atoms with Gasteiger partial charge in [0.25, 0.3) is 0 Å². The number of anilines is 2. The van der Waals surface area contributed by atoms with E-state index in [1.165, 1.54) is 31.0 Å². The van der Waals surface area contributed by atoms with E-state index in [1.54, 1.807) is 13.0 Å². The van der Waals surface area contributed by atoms with Gasteiger partial charge in [-0.1, -0.05) is 0 Å². The molecule has 6 nitrogen and oxygen atoms in total. The van der Waals surface area contributed by atoms with E-state index in [2.05, 4.69) is 20.9 Å². The fourth-order valence-corrected chi connectivity index (χ4v) is 7.52. The van der Waals surface area contributed by atoms with E-state index in [0.717, 1.165) is 45.9 Å². The molecule has 1 heterocycles. The number of ether oxygens (including phenoxy) is 2. The summed E-state index contributed by atoms with van der Waals surface area (Å²) in [6.45, 7) is 2.46. The summed E-state index contributed by atoms with van der Waals surface area (Å²) in [4.78, 5) is 14.7. The van der Waals surface area contributed by atoms with E-state index in [0.29, 0.717) is 5.75 Å². The topological polar surface area (TPSA) is 62.2 Å². The zero-order valence-electron chi connectivity index (χ0n) is 20.3. The normalized spacial score (nSPS) is 19.3. The number of thioether (sulfide) groups is 1. The second-order valence-electron chi connectivity index (χ2n) is 8.71. The minimum atomic E-state index is -2.37. The second kappa shape index (κ2) is 11.8. The predicted molar refractivity (Wildman–Crippen MR) is 139 cm³/mol. The van der Waals surface area contributed by atoms with E-state index in [-0.39, 0.29) is 12.6 Å². The van der Waals surface area contributed by atoms with Crippen LogP contribution in [0.3, 0.4) is 0 Å². The predicted octanol–water partition coefficient (Wildman–Crippen LogP) is 4.49. The van der Waals surface area contributed by atoms with Crippen LogP contribution in [0.1, 0.15) is 32.6 Å². The van der Waals surface area contributed by atoms with Crippen LogP contribution >= 0.6 is 11.8 Å². The van der Waals surface area contributed by atoms with Gasteiger partial charge in [-0.2, -0.15) is 0 Å². The van der Waals surface area contributed by atoms with E-state index in [1.807, 2.05) is 37.6 Å². The monoisotopic (exact) mass is 567 g/mol. The summed E-state index contributed by atoms with van der Waals surface area (Å²) in [6.07, 6.45) is 7.53. The number of likely N-dealkylation sites (N-methyl/N-ethyl adjacent to an activating group) is 1. The molecule has 0 saturated heterocycles. The molecule has 2 aliphatic rings. The second-order valence-corrected chi connectivity index (χ2v) is 12.8. The van der Waals surface area contributed by atoms with Gasteiger partial charge in [-0.05, 0) is 0 Å². The summed E-state index contributed by atoms with van der Waals surface area (Å²) in [7, 11) is 2.00. The van der Waals surface area contributed by atoms with Crippen LogP contribution in [0.4, 0.5) is 15.8 Å². The van der Waals surface area contributed by atoms with Crippen molar-refractivity contribution in [3.8, 4) is 5.75 Å². The number of hydrogen-bond acceptors (Lipinski definition) is 7. The summed E-state index contributed by atoms with van der Waals surface area (Å²) >= 11 is -0.903. The third-order valence-electron chi connectivity index (χ3n) is 6.35. The molecule has 35 heavy (non-hydrogen) atoms. The van der Waals surface area contributed by atoms with Crippen LogP contribution < -0.4 is 14.1 Å². The average molecular weight is 567 g/mol. The molecule has 1 unspecified atom stereocenters. The first kappa shape index (κ1) is 26.0. The van der Waals surface area contributed by atoms with Crippen LogP contribution in [0.5, 0.6) is 5.75 Å². The molecule has 0 aromatic heterocycles. The maximum atomic E-state index is 14.1. The van der Waals surface area contributed by atoms with Gasteiger partial charge in [0.1, 0.15) is 0 Å². The Hall–Kier alpha value is -2.03. The molecule has 1 aliphatic heterocycles. The molecule has 9 heteroatoms. The molecule has 2 aromatic rings. The van der Waals surface area contributed by atoms with Crippen LogP contribution in [-0.4, -0.2) is 61.0 Å². The van der Waals surface area contributed by atoms with Gasteiger partial charge in [-0.15, -0.1) is 0 Å². The van der Waals surface area contributed by atoms with E-state index in [9.17, 15) is 13.4 Å². The average Bonchev–Trinajstić information content (AvgIpc) is 3.71. The van der Waals surface area contributed by atoms with E-state index >= 15 is 0 Å². The van der Waals surface area contributed by atoms with Crippen molar-refractivity contribution in [2.45, 2.75) is 43.5 Å². The summed E-state index contributed by atoms with van der Waals surface area (Å²) in [5, 5.41) is 0. The van der Waals surface area contributed by atoms with Crippen molar-refractivity contribution >= 4 is 48.0 Å². The Morgan fingerprint density at radius 2 is 2.00 bits per heavy atom. The quantitative estimate of drug-likeness (QED) is 0.158. The Kier molecular flexibility index (Phi) is 8.78. The molecule has 0 amide bonds. The van der Waals surface area contributed by atoms with Gasteiger partial charge < -0.3 is 0 Å². The SMILES string of the molecule is CCOC(=O)/C(F)=C/Oc1cc2c(cc1SC)N(c1ccccc1)CC(CCC1CC1)N(C)[Se]2O. The Bertz CT molecular complexity index is 1070. The first-order valence-electron chi connectivity index (χ1n) is 11.8. The van der Waals surface area contributed by atoms with Gasteiger partial charge in [0.2, 0.25) is 0 Å². The van der Waals surface area contributed by atoms with Crippen molar-refractivity contribution in [2.24, 2.45) is 5.92 Å². The summed E-state index contributed by atoms with van der Waals surface area (Å²) in [5.41, 5.74) is 2.00. The van der Waals surface area contributed by atoms with Crippen molar-refractivity contribution in [3.05, 3.63) is 54.6 Å². The number of fused-ring (bicyclic) bond motifs is 1. The summed E-state index contributed by atoms with van der Waals surface area (Å²) in [5.74, 6) is -0.944. The van der Waals surface area contributed by atoms with Crippen LogP contribution in [-0.2, 0) is 9.53 Å². The number of carbonyl (C=O) groups excluding carboxylic acids is 1. The molecule has 1 N–H and O–H groups in total. The van der Waals surface area contributed by atoms with Gasteiger partial charge in [0.15, 0.2) is 0 Å². The molecule has 1 aliphatic carbocycles. The Labute approximate surface area is 215 Å². The first-order valence-corrected chi connectivity index (χ1v) is 15.4. The molecule has 189 valence electrons. The third-order valence-corrected chi connectivity index (χ3v) is 10.4. The Morgan fingerprint density at radius 1 is 1.26 bits per heavy atom. The molecule has 2 aromatic carbocycles. The number of rotatable bonds is 9. The fourth-order valence-electron chi connectivity index (χ4n) is 4.18. The number of carbonyl (C=O) groups is 1. The molecular weight excluding hydrogens is 534 g/mol. The summed E-state index contributed by atoms with van der Waals surface area (Å²) in [6, 6.07) is 14.2. The molecule has 1 radical (unpaired) electrons. The molecule has 0 bridgehead atoms.